The predicted molar refractivity (Wildman–Crippen MR) is 133 cm³/mol. The normalized spacial score (nSPS) is 10.6. The molecule has 172 valence electrons. The number of nitrogens with two attached hydrogens (primary N) is 1. The molecule has 3 amide bonds. The Bertz CT molecular complexity index is 1110. The lowest BCUT2D eigenvalue weighted by Gasteiger charge is -2.21. The van der Waals surface area contributed by atoms with Crippen molar-refractivity contribution in [3.8, 4) is 0 Å². The minimum absolute atomic E-state index is 0.106. The third-order valence-corrected chi connectivity index (χ3v) is 7.10. The molecule has 0 aliphatic carbocycles. The van der Waals surface area contributed by atoms with Crippen LogP contribution in [0.1, 0.15) is 45.3 Å². The molecular weight excluding hydrogens is 456 g/mol. The lowest BCUT2D eigenvalue weighted by Crippen LogP contribution is -2.33. The average molecular weight is 483 g/mol. The first-order valence-electron chi connectivity index (χ1n) is 10.5. The highest BCUT2D eigenvalue weighted by Crippen LogP contribution is 2.26. The van der Waals surface area contributed by atoms with E-state index < -0.39 is 5.91 Å². The molecule has 1 heterocycles. The van der Waals surface area contributed by atoms with Gasteiger partial charge in [0, 0.05) is 53.2 Å². The first-order chi connectivity index (χ1) is 15.9. The molecule has 0 spiro atoms. The summed E-state index contributed by atoms with van der Waals surface area (Å²) in [5.74, 6) is -0.0467. The highest BCUT2D eigenvalue weighted by atomic mass is 32.2. The number of amides is 3. The highest BCUT2D eigenvalue weighted by Gasteiger charge is 2.16. The number of primary amides is 1. The number of carbonyl (C=O) groups excluding carboxylic acids is 3. The molecule has 0 atom stereocenters. The number of aromatic nitrogens is 1. The SMILES string of the molecule is CCN(CCC(=O)Nc1ccc(C(N)=O)cc1)C(=O)c1ccc(CSc2nc(C)cs2)cc1. The molecule has 3 aromatic rings. The van der Waals surface area contributed by atoms with Crippen LogP contribution in [0, 0.1) is 6.92 Å². The minimum Gasteiger partial charge on any atom is -0.366 e. The fraction of sp³-hybridized carbons (Fsp3) is 0.250. The lowest BCUT2D eigenvalue weighted by molar-refractivity contribution is -0.116. The zero-order valence-corrected chi connectivity index (χ0v) is 20.2. The van der Waals surface area contributed by atoms with Crippen LogP contribution in [0.5, 0.6) is 0 Å². The second-order valence-electron chi connectivity index (χ2n) is 7.36. The van der Waals surface area contributed by atoms with Gasteiger partial charge in [-0.3, -0.25) is 14.4 Å². The summed E-state index contributed by atoms with van der Waals surface area (Å²) in [6.45, 7) is 4.67. The third-order valence-electron chi connectivity index (χ3n) is 4.89. The Hall–Kier alpha value is -3.17. The van der Waals surface area contributed by atoms with Crippen molar-refractivity contribution < 1.29 is 14.4 Å². The van der Waals surface area contributed by atoms with Crippen LogP contribution in [-0.2, 0) is 10.5 Å². The van der Waals surface area contributed by atoms with Gasteiger partial charge in [-0.25, -0.2) is 4.98 Å². The van der Waals surface area contributed by atoms with Crippen molar-refractivity contribution in [2.45, 2.75) is 30.4 Å². The number of hydrogen-bond donors (Lipinski definition) is 2. The van der Waals surface area contributed by atoms with Crippen molar-refractivity contribution in [1.29, 1.82) is 0 Å². The molecule has 2 aromatic carbocycles. The van der Waals surface area contributed by atoms with Crippen LogP contribution in [0.3, 0.4) is 0 Å². The van der Waals surface area contributed by atoms with Gasteiger partial charge in [-0.2, -0.15) is 0 Å². The molecule has 3 rings (SSSR count). The van der Waals surface area contributed by atoms with Crippen molar-refractivity contribution in [1.82, 2.24) is 9.88 Å². The van der Waals surface area contributed by atoms with E-state index in [1.54, 1.807) is 52.3 Å². The van der Waals surface area contributed by atoms with E-state index in [1.165, 1.54) is 0 Å². The van der Waals surface area contributed by atoms with Gasteiger partial charge in [0.25, 0.3) is 5.91 Å². The largest absolute Gasteiger partial charge is 0.366 e. The van der Waals surface area contributed by atoms with Crippen molar-refractivity contribution in [2.75, 3.05) is 18.4 Å². The molecule has 0 bridgehead atoms. The van der Waals surface area contributed by atoms with Crippen molar-refractivity contribution in [3.05, 3.63) is 76.3 Å². The van der Waals surface area contributed by atoms with Gasteiger partial charge < -0.3 is 16.0 Å². The van der Waals surface area contributed by atoms with Crippen molar-refractivity contribution in [3.63, 3.8) is 0 Å². The fourth-order valence-electron chi connectivity index (χ4n) is 3.05. The number of nitrogens with one attached hydrogen (secondary N) is 1. The van der Waals surface area contributed by atoms with E-state index in [-0.39, 0.29) is 18.2 Å². The summed E-state index contributed by atoms with van der Waals surface area (Å²) < 4.78 is 1.03. The molecular formula is C24H26N4O3S2. The number of hydrogen-bond acceptors (Lipinski definition) is 6. The van der Waals surface area contributed by atoms with Crippen LogP contribution in [0.15, 0.2) is 58.3 Å². The van der Waals surface area contributed by atoms with E-state index in [4.69, 9.17) is 5.73 Å². The summed E-state index contributed by atoms with van der Waals surface area (Å²) in [5.41, 5.74) is 8.90. The summed E-state index contributed by atoms with van der Waals surface area (Å²) in [6, 6.07) is 13.9. The van der Waals surface area contributed by atoms with Gasteiger partial charge in [-0.05, 0) is 55.8 Å². The Morgan fingerprint density at radius 3 is 2.30 bits per heavy atom. The third kappa shape index (κ3) is 7.16. The van der Waals surface area contributed by atoms with E-state index in [1.807, 2.05) is 43.5 Å². The molecule has 3 N–H and O–H groups in total. The smallest absolute Gasteiger partial charge is 0.253 e. The zero-order valence-electron chi connectivity index (χ0n) is 18.5. The maximum atomic E-state index is 12.9. The Balaban J connectivity index is 1.50. The Morgan fingerprint density at radius 2 is 1.73 bits per heavy atom. The molecule has 0 radical (unpaired) electrons. The van der Waals surface area contributed by atoms with Gasteiger partial charge in [0.05, 0.1) is 0 Å². The molecule has 0 aliphatic rings. The maximum absolute atomic E-state index is 12.9. The van der Waals surface area contributed by atoms with Crippen LogP contribution in [0.4, 0.5) is 5.69 Å². The van der Waals surface area contributed by atoms with E-state index in [0.717, 1.165) is 21.3 Å². The molecule has 0 saturated carbocycles. The molecule has 0 fully saturated rings. The molecule has 33 heavy (non-hydrogen) atoms. The van der Waals surface area contributed by atoms with Gasteiger partial charge in [-0.15, -0.1) is 11.3 Å². The van der Waals surface area contributed by atoms with Crippen molar-refractivity contribution in [2.24, 2.45) is 5.73 Å². The van der Waals surface area contributed by atoms with Crippen LogP contribution >= 0.6 is 23.1 Å². The number of carbonyl (C=O) groups is 3. The van der Waals surface area contributed by atoms with Crippen LogP contribution in [0.25, 0.3) is 0 Å². The van der Waals surface area contributed by atoms with E-state index in [9.17, 15) is 14.4 Å². The summed E-state index contributed by atoms with van der Waals surface area (Å²) >= 11 is 3.31. The van der Waals surface area contributed by atoms with Gasteiger partial charge in [0.15, 0.2) is 0 Å². The zero-order chi connectivity index (χ0) is 23.8. The molecule has 9 heteroatoms. The monoisotopic (exact) mass is 482 g/mol. The maximum Gasteiger partial charge on any atom is 0.253 e. The topological polar surface area (TPSA) is 105 Å². The molecule has 0 saturated heterocycles. The average Bonchev–Trinajstić information content (AvgIpc) is 3.23. The van der Waals surface area contributed by atoms with Crippen LogP contribution in [-0.4, -0.2) is 40.7 Å². The Labute approximate surface area is 201 Å². The number of thioether (sulfide) groups is 1. The first-order valence-corrected chi connectivity index (χ1v) is 12.3. The van der Waals surface area contributed by atoms with Crippen molar-refractivity contribution >= 4 is 46.5 Å². The van der Waals surface area contributed by atoms with E-state index in [0.29, 0.717) is 29.9 Å². The highest BCUT2D eigenvalue weighted by molar-refractivity contribution is 8.00. The standard InChI is InChI=1S/C24H26N4O3S2/c1-3-28(13-12-21(29)27-20-10-8-18(9-11-20)22(25)30)23(31)19-6-4-17(5-7-19)15-33-24-26-16(2)14-32-24/h4-11,14H,3,12-13,15H2,1-2H3,(H2,25,30)(H,27,29). The van der Waals surface area contributed by atoms with Gasteiger partial charge >= 0.3 is 0 Å². The lowest BCUT2D eigenvalue weighted by atomic mass is 10.1. The van der Waals surface area contributed by atoms with E-state index in [2.05, 4.69) is 10.3 Å². The molecule has 0 unspecified atom stereocenters. The number of anilines is 1. The Morgan fingerprint density at radius 1 is 1.06 bits per heavy atom. The summed E-state index contributed by atoms with van der Waals surface area (Å²) in [5, 5.41) is 4.80. The summed E-state index contributed by atoms with van der Waals surface area (Å²) in [4.78, 5) is 42.4. The van der Waals surface area contributed by atoms with Gasteiger partial charge in [0.2, 0.25) is 11.8 Å². The molecule has 7 nitrogen and oxygen atoms in total. The molecule has 0 aliphatic heterocycles. The summed E-state index contributed by atoms with van der Waals surface area (Å²) in [7, 11) is 0. The van der Waals surface area contributed by atoms with Gasteiger partial charge in [0.1, 0.15) is 4.34 Å². The predicted octanol–water partition coefficient (Wildman–Crippen LogP) is 4.33. The quantitative estimate of drug-likeness (QED) is 0.418. The second kappa shape index (κ2) is 11.6. The number of nitrogens with zero attached hydrogens (tertiary/aromatic N) is 2. The summed E-state index contributed by atoms with van der Waals surface area (Å²) in [6.07, 6.45) is 0.166. The fourth-order valence-corrected chi connectivity index (χ4v) is 4.86. The second-order valence-corrected chi connectivity index (χ2v) is 9.45. The first kappa shape index (κ1) is 24.5. The van der Waals surface area contributed by atoms with Gasteiger partial charge in [-0.1, -0.05) is 23.9 Å². The van der Waals surface area contributed by atoms with Crippen LogP contribution < -0.4 is 11.1 Å². The molecule has 1 aromatic heterocycles. The number of thiazole rings is 1. The minimum atomic E-state index is -0.522. The number of rotatable bonds is 10. The number of aryl methyl sites for hydroxylation is 1. The Kier molecular flexibility index (Phi) is 8.62. The van der Waals surface area contributed by atoms with Crippen LogP contribution in [0.2, 0.25) is 0 Å². The van der Waals surface area contributed by atoms with E-state index >= 15 is 0 Å². The number of benzene rings is 2.